The van der Waals surface area contributed by atoms with Crippen LogP contribution >= 0.6 is 0 Å². The molecule has 0 saturated carbocycles. The molecule has 3 rings (SSSR count). The Balaban J connectivity index is 2.06. The van der Waals surface area contributed by atoms with Crippen molar-refractivity contribution >= 4 is 22.7 Å². The number of aromatic amines is 1. The predicted molar refractivity (Wildman–Crippen MR) is 82.5 cm³/mol. The van der Waals surface area contributed by atoms with Crippen LogP contribution in [-0.2, 0) is 0 Å². The number of aromatic nitrogens is 2. The van der Waals surface area contributed by atoms with Crippen LogP contribution in [0.3, 0.4) is 0 Å². The number of carbonyl (C=O) groups is 1. The van der Waals surface area contributed by atoms with Gasteiger partial charge in [0.25, 0.3) is 0 Å². The molecule has 1 heterocycles. The molecule has 1 aromatic carbocycles. The molecule has 0 fully saturated rings. The molecule has 0 saturated heterocycles. The van der Waals surface area contributed by atoms with Crippen molar-refractivity contribution < 1.29 is 14.3 Å². The van der Waals surface area contributed by atoms with E-state index in [0.717, 1.165) is 0 Å². The van der Waals surface area contributed by atoms with Crippen LogP contribution in [0, 0.1) is 17.1 Å². The van der Waals surface area contributed by atoms with Crippen LogP contribution < -0.4 is 5.32 Å². The van der Waals surface area contributed by atoms with Gasteiger partial charge in [0.05, 0.1) is 34.7 Å². The first-order valence-corrected chi connectivity index (χ1v) is 6.90. The van der Waals surface area contributed by atoms with E-state index in [0.29, 0.717) is 17.5 Å². The van der Waals surface area contributed by atoms with E-state index in [1.54, 1.807) is 25.2 Å². The summed E-state index contributed by atoms with van der Waals surface area (Å²) < 4.78 is 14.7. The minimum atomic E-state index is -1.24. The smallest absolute Gasteiger partial charge is 0.337 e. The summed E-state index contributed by atoms with van der Waals surface area (Å²) in [5.41, 5.74) is -0.0707. The van der Waals surface area contributed by atoms with Crippen LogP contribution in [0.1, 0.15) is 23.7 Å². The van der Waals surface area contributed by atoms with Gasteiger partial charge in [0, 0.05) is 5.57 Å². The van der Waals surface area contributed by atoms with E-state index in [9.17, 15) is 14.3 Å². The molecule has 0 radical (unpaired) electrons. The van der Waals surface area contributed by atoms with E-state index in [1.807, 2.05) is 6.07 Å². The number of nitrogens with zero attached hydrogens (tertiary/aromatic N) is 2. The molecule has 0 aliphatic heterocycles. The number of allylic oxidation sites excluding steroid dienone is 2. The highest BCUT2D eigenvalue weighted by Gasteiger charge is 2.28. The zero-order chi connectivity index (χ0) is 16.6. The minimum Gasteiger partial charge on any atom is -0.478 e. The van der Waals surface area contributed by atoms with Crippen LogP contribution in [0.4, 0.5) is 10.1 Å². The monoisotopic (exact) mass is 312 g/mol. The maximum atomic E-state index is 14.7. The maximum Gasteiger partial charge on any atom is 0.337 e. The molecule has 0 bridgehead atoms. The number of anilines is 1. The number of nitriles is 1. The molecule has 116 valence electrons. The van der Waals surface area contributed by atoms with Crippen LogP contribution in [0.25, 0.3) is 11.0 Å². The number of nitrogens with one attached hydrogen (secondary N) is 2. The molecule has 23 heavy (non-hydrogen) atoms. The first-order chi connectivity index (χ1) is 10.9. The zero-order valence-electron chi connectivity index (χ0n) is 12.2. The second-order valence-electron chi connectivity index (χ2n) is 5.57. The maximum absolute atomic E-state index is 14.7. The third-order valence-electron chi connectivity index (χ3n) is 3.80. The lowest BCUT2D eigenvalue weighted by atomic mass is 9.90. The molecule has 0 amide bonds. The first-order valence-electron chi connectivity index (χ1n) is 6.90. The molecule has 0 spiro atoms. The van der Waals surface area contributed by atoms with Crippen molar-refractivity contribution in [1.82, 2.24) is 9.97 Å². The summed E-state index contributed by atoms with van der Waals surface area (Å²) in [6.07, 6.45) is 6.82. The Hall–Kier alpha value is -3.14. The summed E-state index contributed by atoms with van der Waals surface area (Å²) in [6, 6.07) is 3.38. The van der Waals surface area contributed by atoms with E-state index in [1.165, 1.54) is 12.4 Å². The van der Waals surface area contributed by atoms with Gasteiger partial charge in [-0.15, -0.1) is 0 Å². The van der Waals surface area contributed by atoms with E-state index in [2.05, 4.69) is 15.3 Å². The van der Waals surface area contributed by atoms with E-state index in [-0.39, 0.29) is 16.8 Å². The third-order valence-corrected chi connectivity index (χ3v) is 3.80. The number of hydrogen-bond acceptors (Lipinski definition) is 4. The number of benzene rings is 1. The van der Waals surface area contributed by atoms with Crippen molar-refractivity contribution in [1.29, 1.82) is 5.26 Å². The van der Waals surface area contributed by atoms with Gasteiger partial charge in [0.2, 0.25) is 0 Å². The molecule has 1 aliphatic rings. The van der Waals surface area contributed by atoms with Crippen molar-refractivity contribution in [3.8, 4) is 6.07 Å². The third kappa shape index (κ3) is 2.55. The number of carboxylic acids is 1. The van der Waals surface area contributed by atoms with E-state index >= 15 is 0 Å². The molecule has 1 unspecified atom stereocenters. The molecule has 3 N–H and O–H groups in total. The second kappa shape index (κ2) is 5.25. The predicted octanol–water partition coefficient (Wildman–Crippen LogP) is 2.98. The Bertz CT molecular complexity index is 907. The topological polar surface area (TPSA) is 102 Å². The van der Waals surface area contributed by atoms with Gasteiger partial charge < -0.3 is 15.4 Å². The highest BCUT2D eigenvalue weighted by Crippen LogP contribution is 2.32. The fourth-order valence-corrected chi connectivity index (χ4v) is 2.53. The fraction of sp³-hybridized carbons (Fsp3) is 0.188. The Kier molecular flexibility index (Phi) is 3.37. The Morgan fingerprint density at radius 2 is 2.39 bits per heavy atom. The molecule has 1 aliphatic carbocycles. The number of aromatic carboxylic acids is 1. The number of fused-ring (bicyclic) bond motifs is 1. The first kappa shape index (κ1) is 14.8. The largest absolute Gasteiger partial charge is 0.478 e. The lowest BCUT2D eigenvalue weighted by molar-refractivity contribution is 0.0697. The quantitative estimate of drug-likeness (QED) is 0.808. The molecule has 6 nitrogen and oxygen atoms in total. The Morgan fingerprint density at radius 3 is 3.00 bits per heavy atom. The molecular weight excluding hydrogens is 299 g/mol. The number of imidazole rings is 1. The molecule has 1 aromatic heterocycles. The van der Waals surface area contributed by atoms with Crippen LogP contribution in [-0.4, -0.2) is 26.6 Å². The van der Waals surface area contributed by atoms with E-state index in [4.69, 9.17) is 5.26 Å². The average molecular weight is 312 g/mol. The Morgan fingerprint density at radius 1 is 1.61 bits per heavy atom. The Labute approximate surface area is 131 Å². The highest BCUT2D eigenvalue weighted by molar-refractivity contribution is 5.99. The number of halogens is 1. The minimum absolute atomic E-state index is 0.0779. The summed E-state index contributed by atoms with van der Waals surface area (Å²) in [5, 5.41) is 21.2. The van der Waals surface area contributed by atoms with Crippen molar-refractivity contribution in [2.75, 3.05) is 5.32 Å². The average Bonchev–Trinajstić information content (AvgIpc) is 2.99. The van der Waals surface area contributed by atoms with Crippen LogP contribution in [0.2, 0.25) is 0 Å². The second-order valence-corrected chi connectivity index (χ2v) is 5.57. The molecular formula is C16H13FN4O2. The van der Waals surface area contributed by atoms with Gasteiger partial charge in [-0.05, 0) is 25.5 Å². The summed E-state index contributed by atoms with van der Waals surface area (Å²) in [4.78, 5) is 18.1. The number of hydrogen-bond donors (Lipinski definition) is 3. The van der Waals surface area contributed by atoms with Gasteiger partial charge in [-0.2, -0.15) is 5.26 Å². The number of carboxylic acid groups (broad SMARTS) is 1. The van der Waals surface area contributed by atoms with Gasteiger partial charge in [0.1, 0.15) is 5.52 Å². The van der Waals surface area contributed by atoms with Crippen molar-refractivity contribution in [3.05, 3.63) is 47.6 Å². The standard InChI is InChI=1S/C16H13FN4O2/c1-16(4-2-9(7-18)3-5-16)21-13-10(15(22)23)6-11-14(12(13)17)20-8-19-11/h2-4,6,8,21H,5H2,1H3,(H,19,20)(H,22,23). The zero-order valence-corrected chi connectivity index (χ0v) is 12.2. The number of rotatable bonds is 3. The van der Waals surface area contributed by atoms with Crippen molar-refractivity contribution in [2.24, 2.45) is 0 Å². The van der Waals surface area contributed by atoms with E-state index < -0.39 is 17.3 Å². The van der Waals surface area contributed by atoms with Gasteiger partial charge in [-0.3, -0.25) is 0 Å². The lowest BCUT2D eigenvalue weighted by Gasteiger charge is -2.30. The molecule has 1 atom stereocenters. The summed E-state index contributed by atoms with van der Waals surface area (Å²) in [6.45, 7) is 1.80. The SMILES string of the molecule is CC1(Nc2c(C(=O)O)cc3[nH]cnc3c2F)C=CC(C#N)=CC1. The summed E-state index contributed by atoms with van der Waals surface area (Å²) in [7, 11) is 0. The lowest BCUT2D eigenvalue weighted by Crippen LogP contribution is -2.34. The van der Waals surface area contributed by atoms with Crippen molar-refractivity contribution in [2.45, 2.75) is 18.9 Å². The normalized spacial score (nSPS) is 20.1. The molecule has 2 aromatic rings. The molecule has 7 heteroatoms. The van der Waals surface area contributed by atoms with Crippen LogP contribution in [0.5, 0.6) is 0 Å². The van der Waals surface area contributed by atoms with Gasteiger partial charge in [-0.1, -0.05) is 12.2 Å². The van der Waals surface area contributed by atoms with Crippen LogP contribution in [0.15, 0.2) is 36.2 Å². The van der Waals surface area contributed by atoms with Gasteiger partial charge in [-0.25, -0.2) is 14.2 Å². The fourth-order valence-electron chi connectivity index (χ4n) is 2.53. The van der Waals surface area contributed by atoms with Crippen molar-refractivity contribution in [3.63, 3.8) is 0 Å². The highest BCUT2D eigenvalue weighted by atomic mass is 19.1. The number of H-pyrrole nitrogens is 1. The summed E-state index contributed by atoms with van der Waals surface area (Å²) >= 11 is 0. The van der Waals surface area contributed by atoms with Gasteiger partial charge in [0.15, 0.2) is 5.82 Å². The van der Waals surface area contributed by atoms with Gasteiger partial charge >= 0.3 is 5.97 Å². The summed E-state index contributed by atoms with van der Waals surface area (Å²) in [5.74, 6) is -1.95.